The van der Waals surface area contributed by atoms with Gasteiger partial charge in [-0.05, 0) is 6.92 Å². The molecule has 1 aromatic heterocycles. The van der Waals surface area contributed by atoms with Crippen LogP contribution in [-0.4, -0.2) is 59.6 Å². The number of aromatic carboxylic acids is 1. The number of likely N-dealkylation sites (N-methyl/N-ethyl adjacent to an activating group) is 2. The highest BCUT2D eigenvalue weighted by molar-refractivity contribution is 7.09. The Hall–Kier alpha value is -2.16. The summed E-state index contributed by atoms with van der Waals surface area (Å²) in [4.78, 5) is 39.1. The molecule has 0 atom stereocenters. The van der Waals surface area contributed by atoms with E-state index in [-0.39, 0.29) is 24.2 Å². The summed E-state index contributed by atoms with van der Waals surface area (Å²) in [5.41, 5.74) is 0.0103. The quantitative estimate of drug-likeness (QED) is 0.664. The molecule has 116 valence electrons. The summed E-state index contributed by atoms with van der Waals surface area (Å²) >= 11 is 1.24. The van der Waals surface area contributed by atoms with Crippen LogP contribution in [0.1, 0.15) is 22.4 Å². The van der Waals surface area contributed by atoms with Gasteiger partial charge in [-0.15, -0.1) is 11.3 Å². The van der Waals surface area contributed by atoms with Gasteiger partial charge in [-0.2, -0.15) is 0 Å². The minimum absolute atomic E-state index is 0.000746. The molecule has 0 radical (unpaired) electrons. The molecule has 0 spiro atoms. The first kappa shape index (κ1) is 16.9. The molecule has 0 saturated heterocycles. The van der Waals surface area contributed by atoms with Gasteiger partial charge in [0.1, 0.15) is 6.54 Å². The number of thiazole rings is 1. The van der Waals surface area contributed by atoms with Gasteiger partial charge < -0.3 is 20.6 Å². The number of amides is 3. The Labute approximate surface area is 126 Å². The van der Waals surface area contributed by atoms with Gasteiger partial charge in [0, 0.05) is 31.9 Å². The van der Waals surface area contributed by atoms with Crippen molar-refractivity contribution in [2.75, 3.05) is 26.7 Å². The maximum absolute atomic E-state index is 11.9. The normalized spacial score (nSPS) is 10.0. The molecule has 8 nitrogen and oxygen atoms in total. The monoisotopic (exact) mass is 314 g/mol. The third-order valence-corrected chi connectivity index (χ3v) is 3.58. The Bertz CT molecular complexity index is 517. The molecule has 0 bridgehead atoms. The first-order chi connectivity index (χ1) is 9.97. The Morgan fingerprint density at radius 1 is 1.43 bits per heavy atom. The number of aromatic nitrogens is 1. The van der Waals surface area contributed by atoms with E-state index < -0.39 is 5.97 Å². The van der Waals surface area contributed by atoms with Crippen LogP contribution < -0.4 is 10.6 Å². The van der Waals surface area contributed by atoms with Crippen molar-refractivity contribution in [1.29, 1.82) is 0 Å². The number of rotatable bonds is 7. The smallest absolute Gasteiger partial charge is 0.355 e. The van der Waals surface area contributed by atoms with Gasteiger partial charge in [0.25, 0.3) is 0 Å². The molecule has 3 amide bonds. The second kappa shape index (κ2) is 8.20. The fourth-order valence-corrected chi connectivity index (χ4v) is 2.26. The van der Waals surface area contributed by atoms with Gasteiger partial charge in [-0.25, -0.2) is 14.6 Å². The second-order valence-electron chi connectivity index (χ2n) is 4.10. The largest absolute Gasteiger partial charge is 0.476 e. The van der Waals surface area contributed by atoms with Crippen LogP contribution in [0.4, 0.5) is 4.79 Å². The van der Waals surface area contributed by atoms with Crippen LogP contribution in [0.15, 0.2) is 5.38 Å². The molecule has 1 aromatic rings. The van der Waals surface area contributed by atoms with Gasteiger partial charge in [0.15, 0.2) is 5.69 Å². The van der Waals surface area contributed by atoms with E-state index in [4.69, 9.17) is 5.11 Å². The van der Waals surface area contributed by atoms with Crippen LogP contribution in [0.3, 0.4) is 0 Å². The summed E-state index contributed by atoms with van der Waals surface area (Å²) in [5, 5.41) is 16.0. The molecule has 0 aliphatic heterocycles. The van der Waals surface area contributed by atoms with E-state index in [1.165, 1.54) is 28.7 Å². The molecule has 0 saturated carbocycles. The summed E-state index contributed by atoms with van der Waals surface area (Å²) in [6, 6.07) is -0.337. The molecule has 0 fully saturated rings. The molecule has 1 heterocycles. The zero-order valence-corrected chi connectivity index (χ0v) is 12.7. The van der Waals surface area contributed by atoms with Crippen molar-refractivity contribution in [3.8, 4) is 0 Å². The van der Waals surface area contributed by atoms with Crippen molar-refractivity contribution in [3.05, 3.63) is 16.1 Å². The van der Waals surface area contributed by atoms with E-state index in [0.29, 0.717) is 24.5 Å². The first-order valence-electron chi connectivity index (χ1n) is 6.39. The Morgan fingerprint density at radius 3 is 2.67 bits per heavy atom. The van der Waals surface area contributed by atoms with Crippen LogP contribution in [0.25, 0.3) is 0 Å². The van der Waals surface area contributed by atoms with Crippen molar-refractivity contribution in [3.63, 3.8) is 0 Å². The molecule has 3 N–H and O–H groups in total. The third-order valence-electron chi connectivity index (χ3n) is 2.67. The maximum Gasteiger partial charge on any atom is 0.355 e. The van der Waals surface area contributed by atoms with Crippen LogP contribution in [-0.2, 0) is 11.2 Å². The van der Waals surface area contributed by atoms with E-state index in [9.17, 15) is 14.4 Å². The number of carbonyl (C=O) groups excluding carboxylic acids is 2. The number of hydrogen-bond donors (Lipinski definition) is 3. The summed E-state index contributed by atoms with van der Waals surface area (Å²) in [7, 11) is 1.51. The van der Waals surface area contributed by atoms with Crippen LogP contribution in [0.5, 0.6) is 0 Å². The fraction of sp³-hybridized carbons (Fsp3) is 0.500. The van der Waals surface area contributed by atoms with Gasteiger partial charge in [0.05, 0.1) is 5.01 Å². The zero-order valence-electron chi connectivity index (χ0n) is 11.9. The van der Waals surface area contributed by atoms with Crippen LogP contribution in [0, 0.1) is 0 Å². The van der Waals surface area contributed by atoms with Gasteiger partial charge in [0.2, 0.25) is 5.91 Å². The Balaban J connectivity index is 2.40. The third kappa shape index (κ3) is 5.38. The number of carboxylic acids is 1. The molecular formula is C12H18N4O4S. The van der Waals surface area contributed by atoms with Crippen molar-refractivity contribution >= 4 is 29.2 Å². The van der Waals surface area contributed by atoms with Gasteiger partial charge >= 0.3 is 12.0 Å². The van der Waals surface area contributed by atoms with Crippen molar-refractivity contribution < 1.29 is 19.5 Å². The lowest BCUT2D eigenvalue weighted by Gasteiger charge is -2.20. The number of hydrogen-bond acceptors (Lipinski definition) is 5. The van der Waals surface area contributed by atoms with Crippen LogP contribution in [0.2, 0.25) is 0 Å². The zero-order chi connectivity index (χ0) is 15.8. The molecular weight excluding hydrogens is 296 g/mol. The minimum Gasteiger partial charge on any atom is -0.476 e. The highest BCUT2D eigenvalue weighted by Gasteiger charge is 2.14. The van der Waals surface area contributed by atoms with Crippen molar-refractivity contribution in [1.82, 2.24) is 20.5 Å². The second-order valence-corrected chi connectivity index (χ2v) is 5.04. The predicted molar refractivity (Wildman–Crippen MR) is 77.5 cm³/mol. The average molecular weight is 314 g/mol. The lowest BCUT2D eigenvalue weighted by molar-refractivity contribution is -0.121. The number of carboxylic acid groups (broad SMARTS) is 1. The summed E-state index contributed by atoms with van der Waals surface area (Å²) in [6.07, 6.45) is 0.446. The molecule has 0 unspecified atom stereocenters. The maximum atomic E-state index is 11.9. The Morgan fingerprint density at radius 2 is 2.14 bits per heavy atom. The molecule has 0 aliphatic carbocycles. The molecule has 0 aromatic carbocycles. The van der Waals surface area contributed by atoms with E-state index in [1.807, 2.05) is 0 Å². The van der Waals surface area contributed by atoms with E-state index in [0.717, 1.165) is 0 Å². The van der Waals surface area contributed by atoms with E-state index in [1.54, 1.807) is 6.92 Å². The van der Waals surface area contributed by atoms with Crippen molar-refractivity contribution in [2.45, 2.75) is 13.3 Å². The van der Waals surface area contributed by atoms with E-state index in [2.05, 4.69) is 15.6 Å². The lowest BCUT2D eigenvalue weighted by atomic mass is 10.4. The standard InChI is InChI=1S/C12H18N4O4S/c1-3-16(6-9(17)13-2)12(20)14-5-4-10-15-8(7-21-10)11(18)19/h7H,3-6H2,1-2H3,(H,13,17)(H,14,20)(H,18,19). The number of nitrogens with one attached hydrogen (secondary N) is 2. The summed E-state index contributed by atoms with van der Waals surface area (Å²) < 4.78 is 0. The molecule has 21 heavy (non-hydrogen) atoms. The molecule has 9 heteroatoms. The highest BCUT2D eigenvalue weighted by Crippen LogP contribution is 2.09. The minimum atomic E-state index is -1.07. The fourth-order valence-electron chi connectivity index (χ4n) is 1.49. The topological polar surface area (TPSA) is 112 Å². The number of carbonyl (C=O) groups is 3. The molecule has 1 rings (SSSR count). The SMILES string of the molecule is CCN(CC(=O)NC)C(=O)NCCc1nc(C(=O)O)cs1. The van der Waals surface area contributed by atoms with Crippen molar-refractivity contribution in [2.24, 2.45) is 0 Å². The van der Waals surface area contributed by atoms with Gasteiger partial charge in [-0.1, -0.05) is 0 Å². The summed E-state index contributed by atoms with van der Waals surface area (Å²) in [5.74, 6) is -1.30. The number of nitrogens with zero attached hydrogens (tertiary/aromatic N) is 2. The summed E-state index contributed by atoms with van der Waals surface area (Å²) in [6.45, 7) is 2.52. The Kier molecular flexibility index (Phi) is 6.60. The molecule has 0 aliphatic rings. The average Bonchev–Trinajstić information content (AvgIpc) is 2.93. The first-order valence-corrected chi connectivity index (χ1v) is 7.27. The van der Waals surface area contributed by atoms with Crippen LogP contribution >= 0.6 is 11.3 Å². The highest BCUT2D eigenvalue weighted by atomic mass is 32.1. The van der Waals surface area contributed by atoms with Gasteiger partial charge in [-0.3, -0.25) is 4.79 Å². The predicted octanol–water partition coefficient (Wildman–Crippen LogP) is 0.161. The van der Waals surface area contributed by atoms with E-state index >= 15 is 0 Å². The lowest BCUT2D eigenvalue weighted by Crippen LogP contribution is -2.45. The number of urea groups is 1.